The number of β-amino-alcohol motifs (C(OH)–C–C–N with tert-alkyl or cyclic N) is 1. The Hall–Kier alpha value is -3.05. The molecule has 0 radical (unpaired) electrons. The maximum Gasteiger partial charge on any atom is 0.335 e. The molecule has 0 saturated carbocycles. The fraction of sp³-hybridized carbons (Fsp3) is 0.531. The van der Waals surface area contributed by atoms with Crippen molar-refractivity contribution < 1.29 is 23.4 Å². The zero-order chi connectivity index (χ0) is 31.0. The van der Waals surface area contributed by atoms with Crippen LogP contribution in [0, 0.1) is 11.8 Å². The Labute approximate surface area is 251 Å². The number of carboxylic acid groups (broad SMARTS) is 1. The topological polar surface area (TPSA) is 124 Å². The number of rotatable bonds is 16. The van der Waals surface area contributed by atoms with Crippen LogP contribution >= 0.6 is 0 Å². The van der Waals surface area contributed by atoms with Gasteiger partial charge in [-0.15, -0.1) is 4.36 Å². The lowest BCUT2D eigenvalue weighted by Gasteiger charge is -2.29. The maximum absolute atomic E-state index is 11.6. The van der Waals surface area contributed by atoms with Crippen LogP contribution in [0.3, 0.4) is 0 Å². The molecule has 0 saturated heterocycles. The fourth-order valence-electron chi connectivity index (χ4n) is 5.34. The van der Waals surface area contributed by atoms with E-state index in [0.29, 0.717) is 17.4 Å². The van der Waals surface area contributed by atoms with Crippen molar-refractivity contribution in [3.63, 3.8) is 0 Å². The Bertz CT molecular complexity index is 1480. The number of aromatic nitrogens is 1. The monoisotopic (exact) mass is 598 g/mol. The van der Waals surface area contributed by atoms with Crippen LogP contribution in [-0.4, -0.2) is 65.8 Å². The first-order valence-corrected chi connectivity index (χ1v) is 15.7. The minimum absolute atomic E-state index is 0.276. The summed E-state index contributed by atoms with van der Waals surface area (Å²) in [7, 11) is -2.56. The number of fused-ring (bicyclic) bond motifs is 1. The van der Waals surface area contributed by atoms with Crippen LogP contribution in [0.5, 0.6) is 0 Å². The molecule has 0 fully saturated rings. The average molecular weight is 599 g/mol. The molecular formula is C32H46N4O5S. The molecule has 1 unspecified atom stereocenters. The van der Waals surface area contributed by atoms with E-state index in [1.54, 1.807) is 36.4 Å². The predicted octanol–water partition coefficient (Wildman–Crippen LogP) is 5.68. The molecule has 42 heavy (non-hydrogen) atoms. The van der Waals surface area contributed by atoms with Crippen molar-refractivity contribution in [1.82, 2.24) is 14.8 Å². The van der Waals surface area contributed by atoms with E-state index < -0.39 is 22.6 Å². The molecule has 230 valence electrons. The Balaban J connectivity index is 1.77. The molecule has 9 nitrogen and oxygen atoms in total. The first-order valence-electron chi connectivity index (χ1n) is 14.7. The SMILES string of the molecule is CC(C)CN(CCc1cc2cc(C(=O)O)ccc2n1CCC(C)(C)NCC(O)c1cccc(N=S(=O)=O)c1)CC(C)C. The van der Waals surface area contributed by atoms with Crippen LogP contribution < -0.4 is 5.32 Å². The molecule has 1 heterocycles. The number of hydrogen-bond donors (Lipinski definition) is 3. The van der Waals surface area contributed by atoms with E-state index in [2.05, 4.69) is 66.8 Å². The highest BCUT2D eigenvalue weighted by atomic mass is 32.2. The Morgan fingerprint density at radius 1 is 1.05 bits per heavy atom. The maximum atomic E-state index is 11.6. The second-order valence-corrected chi connectivity index (χ2v) is 13.2. The second-order valence-electron chi connectivity index (χ2n) is 12.6. The number of nitrogens with one attached hydrogen (secondary N) is 1. The van der Waals surface area contributed by atoms with Crippen LogP contribution in [-0.2, 0) is 23.5 Å². The highest BCUT2D eigenvalue weighted by molar-refractivity contribution is 7.61. The lowest BCUT2D eigenvalue weighted by Crippen LogP contribution is -2.42. The molecule has 0 aliphatic carbocycles. The minimum Gasteiger partial charge on any atom is -0.478 e. The average Bonchev–Trinajstić information content (AvgIpc) is 3.25. The molecule has 0 amide bonds. The number of aromatic carboxylic acids is 1. The van der Waals surface area contributed by atoms with Gasteiger partial charge in [-0.2, -0.15) is 8.42 Å². The number of carbonyl (C=O) groups is 1. The summed E-state index contributed by atoms with van der Waals surface area (Å²) in [6.45, 7) is 17.2. The molecular weight excluding hydrogens is 552 g/mol. The molecule has 0 bridgehead atoms. The van der Waals surface area contributed by atoms with E-state index in [1.807, 2.05) is 6.07 Å². The normalized spacial score (nSPS) is 12.9. The zero-order valence-electron chi connectivity index (χ0n) is 25.7. The number of nitrogens with zero attached hydrogens (tertiary/aromatic N) is 3. The van der Waals surface area contributed by atoms with Crippen molar-refractivity contribution in [3.05, 3.63) is 65.4 Å². The van der Waals surface area contributed by atoms with E-state index >= 15 is 0 Å². The summed E-state index contributed by atoms with van der Waals surface area (Å²) >= 11 is 0. The van der Waals surface area contributed by atoms with Crippen molar-refractivity contribution in [2.45, 2.75) is 72.6 Å². The minimum atomic E-state index is -2.56. The van der Waals surface area contributed by atoms with Gasteiger partial charge in [-0.3, -0.25) is 0 Å². The predicted molar refractivity (Wildman–Crippen MR) is 168 cm³/mol. The molecule has 10 heteroatoms. The fourth-order valence-corrected chi connectivity index (χ4v) is 5.63. The smallest absolute Gasteiger partial charge is 0.335 e. The van der Waals surface area contributed by atoms with Crippen LogP contribution in [0.25, 0.3) is 10.9 Å². The number of hydrogen-bond acceptors (Lipinski definition) is 7. The van der Waals surface area contributed by atoms with Crippen LogP contribution in [0.1, 0.15) is 75.7 Å². The van der Waals surface area contributed by atoms with Crippen molar-refractivity contribution >= 4 is 33.1 Å². The van der Waals surface area contributed by atoms with Gasteiger partial charge in [0.05, 0.1) is 17.4 Å². The van der Waals surface area contributed by atoms with E-state index in [9.17, 15) is 23.4 Å². The molecule has 0 aliphatic rings. The third-order valence-electron chi connectivity index (χ3n) is 7.33. The van der Waals surface area contributed by atoms with Gasteiger partial charge in [0.15, 0.2) is 0 Å². The summed E-state index contributed by atoms with van der Waals surface area (Å²) in [5.41, 5.74) is 3.01. The summed E-state index contributed by atoms with van der Waals surface area (Å²) < 4.78 is 27.7. The van der Waals surface area contributed by atoms with Crippen molar-refractivity contribution in [2.75, 3.05) is 26.2 Å². The molecule has 1 atom stereocenters. The highest BCUT2D eigenvalue weighted by Crippen LogP contribution is 2.25. The Morgan fingerprint density at radius 2 is 1.74 bits per heavy atom. The first kappa shape index (κ1) is 33.5. The van der Waals surface area contributed by atoms with Crippen LogP contribution in [0.2, 0.25) is 0 Å². The Kier molecular flexibility index (Phi) is 11.9. The third kappa shape index (κ3) is 10.0. The zero-order valence-corrected chi connectivity index (χ0v) is 26.5. The van der Waals surface area contributed by atoms with Gasteiger partial charge in [0.1, 0.15) is 0 Å². The number of aryl methyl sites for hydroxylation is 1. The molecule has 3 aromatic rings. The lowest BCUT2D eigenvalue weighted by atomic mass is 9.99. The van der Waals surface area contributed by atoms with Crippen molar-refractivity contribution in [3.8, 4) is 0 Å². The van der Waals surface area contributed by atoms with Gasteiger partial charge in [0.2, 0.25) is 0 Å². The van der Waals surface area contributed by atoms with E-state index in [1.165, 1.54) is 5.69 Å². The van der Waals surface area contributed by atoms with E-state index in [-0.39, 0.29) is 23.3 Å². The van der Waals surface area contributed by atoms with E-state index in [4.69, 9.17) is 0 Å². The first-order chi connectivity index (χ1) is 19.7. The summed E-state index contributed by atoms with van der Waals surface area (Å²) in [6, 6.07) is 14.0. The van der Waals surface area contributed by atoms with Gasteiger partial charge in [-0.05, 0) is 74.1 Å². The number of benzene rings is 2. The van der Waals surface area contributed by atoms with Gasteiger partial charge >= 0.3 is 16.5 Å². The highest BCUT2D eigenvalue weighted by Gasteiger charge is 2.21. The molecule has 0 spiro atoms. The summed E-state index contributed by atoms with van der Waals surface area (Å²) in [5.74, 6) is 0.209. The second kappa shape index (κ2) is 14.9. The van der Waals surface area contributed by atoms with Crippen molar-refractivity contribution in [2.24, 2.45) is 16.2 Å². The van der Waals surface area contributed by atoms with Gasteiger partial charge in [-0.1, -0.05) is 39.8 Å². The summed E-state index contributed by atoms with van der Waals surface area (Å²) in [6.07, 6.45) is 0.798. The van der Waals surface area contributed by atoms with E-state index in [0.717, 1.165) is 49.9 Å². The van der Waals surface area contributed by atoms with Gasteiger partial charge in [-0.25, -0.2) is 4.79 Å². The number of carboxylic acids is 1. The van der Waals surface area contributed by atoms with Gasteiger partial charge < -0.3 is 25.0 Å². The molecule has 3 rings (SSSR count). The quantitative estimate of drug-likeness (QED) is 0.194. The number of aliphatic hydroxyl groups excluding tert-OH is 1. The molecule has 0 aliphatic heterocycles. The molecule has 2 aromatic carbocycles. The third-order valence-corrected chi connectivity index (χ3v) is 7.69. The molecule has 3 N–H and O–H groups in total. The summed E-state index contributed by atoms with van der Waals surface area (Å²) in [4.78, 5) is 14.2. The van der Waals surface area contributed by atoms with Crippen LogP contribution in [0.15, 0.2) is 52.9 Å². The Morgan fingerprint density at radius 3 is 2.36 bits per heavy atom. The van der Waals surface area contributed by atoms with Gasteiger partial charge in [0.25, 0.3) is 0 Å². The van der Waals surface area contributed by atoms with Crippen LogP contribution in [0.4, 0.5) is 5.69 Å². The molecule has 1 aromatic heterocycles. The standard InChI is InChI=1S/C32H46N4O5S/c1-22(2)20-35(21-23(3)4)14-12-28-18-26-16-25(31(38)39)10-11-29(26)36(28)15-13-32(5,6)33-19-30(37)24-8-7-9-27(17-24)34-42(40)41/h7-11,16-18,22-23,30,33,37H,12-15,19-21H2,1-6H3,(H,38,39). The van der Waals surface area contributed by atoms with Crippen molar-refractivity contribution in [1.29, 1.82) is 0 Å². The lowest BCUT2D eigenvalue weighted by molar-refractivity contribution is 0.0697. The number of aliphatic hydroxyl groups is 1. The van der Waals surface area contributed by atoms with Gasteiger partial charge in [0, 0.05) is 61.3 Å². The largest absolute Gasteiger partial charge is 0.478 e. The summed E-state index contributed by atoms with van der Waals surface area (Å²) in [5, 5.41) is 24.7.